The molecular formula is C21H18ClNO3. The summed E-state index contributed by atoms with van der Waals surface area (Å²) in [4.78, 5) is 26.9. The molecule has 2 aromatic carbocycles. The van der Waals surface area contributed by atoms with Crippen molar-refractivity contribution in [3.05, 3.63) is 81.5 Å². The van der Waals surface area contributed by atoms with Crippen molar-refractivity contribution < 1.29 is 14.3 Å². The molecule has 2 aromatic rings. The number of hydrogen-bond donors (Lipinski definition) is 0. The molecule has 0 radical (unpaired) electrons. The molecule has 0 aliphatic carbocycles. The fourth-order valence-corrected chi connectivity index (χ4v) is 3.04. The van der Waals surface area contributed by atoms with Gasteiger partial charge in [0.15, 0.2) is 0 Å². The first-order valence-corrected chi connectivity index (χ1v) is 8.48. The lowest BCUT2D eigenvalue weighted by atomic mass is 10.0. The summed E-state index contributed by atoms with van der Waals surface area (Å²) in [5.41, 5.74) is 3.72. The molecule has 26 heavy (non-hydrogen) atoms. The van der Waals surface area contributed by atoms with Gasteiger partial charge in [0.2, 0.25) is 0 Å². The van der Waals surface area contributed by atoms with Crippen LogP contribution >= 0.6 is 11.6 Å². The van der Waals surface area contributed by atoms with Crippen LogP contribution in [-0.2, 0) is 14.3 Å². The van der Waals surface area contributed by atoms with E-state index in [4.69, 9.17) is 16.3 Å². The Morgan fingerprint density at radius 1 is 1.04 bits per heavy atom. The summed E-state index contributed by atoms with van der Waals surface area (Å²) in [5, 5.41) is 0.575. The molecule has 3 rings (SSSR count). The van der Waals surface area contributed by atoms with Crippen LogP contribution in [0.4, 0.5) is 5.69 Å². The lowest BCUT2D eigenvalue weighted by molar-refractivity contribution is -0.136. The summed E-state index contributed by atoms with van der Waals surface area (Å²) in [5.74, 6) is -0.809. The minimum atomic E-state index is -0.536. The number of rotatable bonds is 3. The Morgan fingerprint density at radius 3 is 2.23 bits per heavy atom. The highest BCUT2D eigenvalue weighted by molar-refractivity contribution is 6.30. The van der Waals surface area contributed by atoms with Gasteiger partial charge in [0.1, 0.15) is 0 Å². The van der Waals surface area contributed by atoms with Gasteiger partial charge in [0.05, 0.1) is 18.3 Å². The third kappa shape index (κ3) is 3.28. The Hall–Kier alpha value is -2.85. The summed E-state index contributed by atoms with van der Waals surface area (Å²) in [6.45, 7) is 3.72. The summed E-state index contributed by atoms with van der Waals surface area (Å²) < 4.78 is 4.91. The maximum absolute atomic E-state index is 13.1. The minimum Gasteiger partial charge on any atom is -0.465 e. The zero-order valence-corrected chi connectivity index (χ0v) is 15.5. The van der Waals surface area contributed by atoms with Gasteiger partial charge < -0.3 is 4.74 Å². The SMILES string of the molecule is COC(=O)C1=C(C)N(c2ccc(Cl)cc2)C(=O)/C1=C\c1ccc(C)cc1. The van der Waals surface area contributed by atoms with Gasteiger partial charge in [-0.25, -0.2) is 4.79 Å². The van der Waals surface area contributed by atoms with E-state index < -0.39 is 5.97 Å². The molecule has 0 saturated heterocycles. The quantitative estimate of drug-likeness (QED) is 0.591. The van der Waals surface area contributed by atoms with Crippen LogP contribution in [0.2, 0.25) is 5.02 Å². The van der Waals surface area contributed by atoms with E-state index in [1.54, 1.807) is 37.3 Å². The molecule has 1 amide bonds. The molecule has 1 aliphatic rings. The van der Waals surface area contributed by atoms with Crippen molar-refractivity contribution in [2.75, 3.05) is 12.0 Å². The smallest absolute Gasteiger partial charge is 0.340 e. The summed E-state index contributed by atoms with van der Waals surface area (Å²) in [7, 11) is 1.31. The second-order valence-corrected chi connectivity index (χ2v) is 6.47. The summed E-state index contributed by atoms with van der Waals surface area (Å²) >= 11 is 5.94. The van der Waals surface area contributed by atoms with Crippen LogP contribution in [0.25, 0.3) is 6.08 Å². The van der Waals surface area contributed by atoms with Crippen LogP contribution in [0.5, 0.6) is 0 Å². The zero-order chi connectivity index (χ0) is 18.8. The first-order chi connectivity index (χ1) is 12.4. The van der Waals surface area contributed by atoms with Gasteiger partial charge >= 0.3 is 5.97 Å². The van der Waals surface area contributed by atoms with Gasteiger partial charge in [-0.2, -0.15) is 0 Å². The van der Waals surface area contributed by atoms with E-state index in [2.05, 4.69) is 0 Å². The van der Waals surface area contributed by atoms with E-state index in [1.165, 1.54) is 12.0 Å². The molecule has 0 N–H and O–H groups in total. The fraction of sp³-hybridized carbons (Fsp3) is 0.143. The Kier molecular flexibility index (Phi) is 4.96. The van der Waals surface area contributed by atoms with Crippen molar-refractivity contribution in [1.82, 2.24) is 0 Å². The average molecular weight is 368 g/mol. The van der Waals surface area contributed by atoms with Crippen molar-refractivity contribution in [2.45, 2.75) is 13.8 Å². The number of carbonyl (C=O) groups excluding carboxylic acids is 2. The van der Waals surface area contributed by atoms with E-state index in [0.717, 1.165) is 11.1 Å². The molecule has 0 fully saturated rings. The molecule has 0 aromatic heterocycles. The standard InChI is InChI=1S/C21H18ClNO3/c1-13-4-6-15(7-5-13)12-18-19(21(25)26-3)14(2)23(20(18)24)17-10-8-16(22)9-11-17/h4-12H,1-3H3/b18-12-. The second-order valence-electron chi connectivity index (χ2n) is 6.04. The number of halogens is 1. The Morgan fingerprint density at radius 2 is 1.65 bits per heavy atom. The van der Waals surface area contributed by atoms with E-state index in [1.807, 2.05) is 31.2 Å². The molecule has 0 unspecified atom stereocenters. The Bertz CT molecular complexity index is 925. The van der Waals surface area contributed by atoms with Gasteiger partial charge in [0.25, 0.3) is 5.91 Å². The van der Waals surface area contributed by atoms with E-state index in [-0.39, 0.29) is 11.5 Å². The number of nitrogens with zero attached hydrogens (tertiary/aromatic N) is 1. The molecule has 0 spiro atoms. The Balaban J connectivity index is 2.12. The van der Waals surface area contributed by atoms with Crippen molar-refractivity contribution in [1.29, 1.82) is 0 Å². The number of allylic oxidation sites excluding steroid dienone is 1. The topological polar surface area (TPSA) is 46.6 Å². The van der Waals surface area contributed by atoms with E-state index in [9.17, 15) is 9.59 Å². The van der Waals surface area contributed by atoms with Gasteiger partial charge in [-0.05, 0) is 49.8 Å². The maximum atomic E-state index is 13.1. The predicted molar refractivity (Wildman–Crippen MR) is 103 cm³/mol. The van der Waals surface area contributed by atoms with Gasteiger partial charge in [-0.15, -0.1) is 0 Å². The molecular weight excluding hydrogens is 350 g/mol. The Labute approximate surface area is 157 Å². The number of hydrogen-bond acceptors (Lipinski definition) is 3. The van der Waals surface area contributed by atoms with Gasteiger partial charge in [-0.1, -0.05) is 41.4 Å². The second kappa shape index (κ2) is 7.18. The lowest BCUT2D eigenvalue weighted by Gasteiger charge is -2.17. The first kappa shape index (κ1) is 18.0. The number of esters is 1. The van der Waals surface area contributed by atoms with Crippen molar-refractivity contribution in [2.24, 2.45) is 0 Å². The number of ether oxygens (including phenoxy) is 1. The maximum Gasteiger partial charge on any atom is 0.340 e. The molecule has 0 atom stereocenters. The van der Waals surface area contributed by atoms with Crippen LogP contribution in [0.3, 0.4) is 0 Å². The number of methoxy groups -OCH3 is 1. The molecule has 5 heteroatoms. The third-order valence-corrected chi connectivity index (χ3v) is 4.51. The molecule has 1 aliphatic heterocycles. The zero-order valence-electron chi connectivity index (χ0n) is 14.7. The highest BCUT2D eigenvalue weighted by Crippen LogP contribution is 2.35. The number of benzene rings is 2. The molecule has 4 nitrogen and oxygen atoms in total. The highest BCUT2D eigenvalue weighted by atomic mass is 35.5. The highest BCUT2D eigenvalue weighted by Gasteiger charge is 2.37. The van der Waals surface area contributed by atoms with Gasteiger partial charge in [-0.3, -0.25) is 9.69 Å². The molecule has 1 heterocycles. The van der Waals surface area contributed by atoms with E-state index >= 15 is 0 Å². The summed E-state index contributed by atoms with van der Waals surface area (Å²) in [6, 6.07) is 14.6. The van der Waals surface area contributed by atoms with Crippen molar-refractivity contribution in [3.8, 4) is 0 Å². The van der Waals surface area contributed by atoms with E-state index in [0.29, 0.717) is 22.0 Å². The van der Waals surface area contributed by atoms with Crippen LogP contribution in [0.15, 0.2) is 65.4 Å². The average Bonchev–Trinajstić information content (AvgIpc) is 2.87. The number of aryl methyl sites for hydroxylation is 1. The molecule has 132 valence electrons. The third-order valence-electron chi connectivity index (χ3n) is 4.26. The number of amides is 1. The molecule has 0 saturated carbocycles. The predicted octanol–water partition coefficient (Wildman–Crippen LogP) is 4.53. The number of anilines is 1. The van der Waals surface area contributed by atoms with Crippen LogP contribution in [-0.4, -0.2) is 19.0 Å². The minimum absolute atomic E-state index is 0.271. The van der Waals surface area contributed by atoms with Crippen LogP contribution in [0.1, 0.15) is 18.1 Å². The normalized spacial score (nSPS) is 15.8. The first-order valence-electron chi connectivity index (χ1n) is 8.10. The van der Waals surface area contributed by atoms with Crippen molar-refractivity contribution >= 4 is 35.2 Å². The van der Waals surface area contributed by atoms with Gasteiger partial charge in [0, 0.05) is 16.4 Å². The number of carbonyl (C=O) groups is 2. The fourth-order valence-electron chi connectivity index (χ4n) is 2.91. The van der Waals surface area contributed by atoms with Crippen molar-refractivity contribution in [3.63, 3.8) is 0 Å². The van der Waals surface area contributed by atoms with Crippen LogP contribution < -0.4 is 4.90 Å². The summed E-state index contributed by atoms with van der Waals surface area (Å²) in [6.07, 6.45) is 1.72. The molecule has 0 bridgehead atoms. The largest absolute Gasteiger partial charge is 0.465 e. The lowest BCUT2D eigenvalue weighted by Crippen LogP contribution is -2.24. The van der Waals surface area contributed by atoms with Crippen LogP contribution in [0, 0.1) is 6.92 Å². The monoisotopic (exact) mass is 367 g/mol.